The SMILES string of the molecule is C=C(C)C(=O)OCCOc1c(-c2ccc(CCCO)cc2CC)ccc(CCc2ccc(CCCOC=O)cc2)c1F. The molecule has 0 radical (unpaired) electrons. The number of carbonyl (C=O) groups is 2. The highest BCUT2D eigenvalue weighted by Gasteiger charge is 2.19. The van der Waals surface area contributed by atoms with E-state index in [0.29, 0.717) is 43.5 Å². The van der Waals surface area contributed by atoms with Crippen molar-refractivity contribution in [2.45, 2.75) is 58.8 Å². The number of ether oxygens (including phenoxy) is 3. The Bertz CT molecular complexity index is 1330. The first-order chi connectivity index (χ1) is 20.4. The molecule has 0 aromatic heterocycles. The molecule has 0 saturated heterocycles. The van der Waals surface area contributed by atoms with Crippen LogP contribution < -0.4 is 4.74 Å². The lowest BCUT2D eigenvalue weighted by molar-refractivity contribution is -0.139. The first-order valence-corrected chi connectivity index (χ1v) is 14.5. The van der Waals surface area contributed by atoms with Gasteiger partial charge in [0, 0.05) is 17.7 Å². The Morgan fingerprint density at radius 3 is 2.19 bits per heavy atom. The highest BCUT2D eigenvalue weighted by atomic mass is 19.1. The minimum absolute atomic E-state index is 0.00177. The van der Waals surface area contributed by atoms with Crippen molar-refractivity contribution < 1.29 is 33.3 Å². The summed E-state index contributed by atoms with van der Waals surface area (Å²) < 4.78 is 31.9. The van der Waals surface area contributed by atoms with Gasteiger partial charge in [-0.05, 0) is 85.3 Å². The van der Waals surface area contributed by atoms with E-state index in [0.717, 1.165) is 53.5 Å². The molecule has 0 fully saturated rings. The largest absolute Gasteiger partial charge is 0.486 e. The number of hydrogen-bond donors (Lipinski definition) is 1. The number of aliphatic hydroxyl groups is 1. The Labute approximate surface area is 248 Å². The summed E-state index contributed by atoms with van der Waals surface area (Å²) in [6, 6.07) is 18.0. The number of carbonyl (C=O) groups excluding carboxylic acids is 2. The normalized spacial score (nSPS) is 10.8. The number of halogens is 1. The molecule has 1 N–H and O–H groups in total. The molecule has 3 aromatic carbocycles. The van der Waals surface area contributed by atoms with Crippen molar-refractivity contribution in [1.29, 1.82) is 0 Å². The van der Waals surface area contributed by atoms with E-state index < -0.39 is 11.8 Å². The zero-order valence-corrected chi connectivity index (χ0v) is 24.6. The van der Waals surface area contributed by atoms with Crippen molar-refractivity contribution in [3.63, 3.8) is 0 Å². The molecular formula is C35H41FO6. The topological polar surface area (TPSA) is 82.1 Å². The van der Waals surface area contributed by atoms with Gasteiger partial charge in [-0.3, -0.25) is 4.79 Å². The molecule has 0 spiro atoms. The van der Waals surface area contributed by atoms with Crippen LogP contribution in [-0.2, 0) is 51.2 Å². The van der Waals surface area contributed by atoms with Crippen LogP contribution in [0.15, 0.2) is 66.7 Å². The summed E-state index contributed by atoms with van der Waals surface area (Å²) in [5, 5.41) is 9.22. The lowest BCUT2D eigenvalue weighted by Crippen LogP contribution is -2.14. The Hall–Kier alpha value is -3.97. The monoisotopic (exact) mass is 576 g/mol. The molecule has 0 aliphatic rings. The van der Waals surface area contributed by atoms with Crippen LogP contribution in [-0.4, -0.2) is 44.0 Å². The van der Waals surface area contributed by atoms with Crippen LogP contribution in [0.25, 0.3) is 11.1 Å². The quantitative estimate of drug-likeness (QED) is 0.0821. The highest BCUT2D eigenvalue weighted by molar-refractivity contribution is 5.86. The van der Waals surface area contributed by atoms with Crippen molar-refractivity contribution in [2.24, 2.45) is 0 Å². The van der Waals surface area contributed by atoms with E-state index in [-0.39, 0.29) is 31.1 Å². The van der Waals surface area contributed by atoms with Crippen LogP contribution in [0.5, 0.6) is 5.75 Å². The van der Waals surface area contributed by atoms with E-state index in [1.807, 2.05) is 48.5 Å². The first-order valence-electron chi connectivity index (χ1n) is 14.5. The average molecular weight is 577 g/mol. The average Bonchev–Trinajstić information content (AvgIpc) is 3.00. The predicted molar refractivity (Wildman–Crippen MR) is 162 cm³/mol. The number of hydrogen-bond acceptors (Lipinski definition) is 6. The van der Waals surface area contributed by atoms with E-state index in [9.17, 15) is 14.7 Å². The van der Waals surface area contributed by atoms with Crippen molar-refractivity contribution in [2.75, 3.05) is 26.4 Å². The van der Waals surface area contributed by atoms with Crippen molar-refractivity contribution in [3.05, 3.63) is 100 Å². The number of esters is 1. The van der Waals surface area contributed by atoms with Gasteiger partial charge in [-0.2, -0.15) is 0 Å². The molecule has 6 nitrogen and oxygen atoms in total. The lowest BCUT2D eigenvalue weighted by atomic mass is 9.92. The van der Waals surface area contributed by atoms with E-state index in [1.54, 1.807) is 6.92 Å². The maximum atomic E-state index is 16.1. The van der Waals surface area contributed by atoms with Crippen LogP contribution in [0.2, 0.25) is 0 Å². The molecule has 0 saturated carbocycles. The third-order valence-electron chi connectivity index (χ3n) is 7.05. The second kappa shape index (κ2) is 17.1. The molecule has 0 aliphatic carbocycles. The van der Waals surface area contributed by atoms with Crippen LogP contribution in [0, 0.1) is 5.82 Å². The molecule has 0 heterocycles. The second-order valence-corrected chi connectivity index (χ2v) is 10.2. The minimum atomic E-state index is -0.514. The van der Waals surface area contributed by atoms with Gasteiger partial charge in [-0.1, -0.05) is 68.1 Å². The summed E-state index contributed by atoms with van der Waals surface area (Å²) >= 11 is 0. The summed E-state index contributed by atoms with van der Waals surface area (Å²) in [7, 11) is 0. The lowest BCUT2D eigenvalue weighted by Gasteiger charge is -2.18. The molecule has 0 bridgehead atoms. The zero-order valence-electron chi connectivity index (χ0n) is 24.6. The molecule has 7 heteroatoms. The molecule has 42 heavy (non-hydrogen) atoms. The fourth-order valence-corrected chi connectivity index (χ4v) is 4.74. The van der Waals surface area contributed by atoms with Crippen molar-refractivity contribution in [1.82, 2.24) is 0 Å². The van der Waals surface area contributed by atoms with Crippen LogP contribution in [0.3, 0.4) is 0 Å². The van der Waals surface area contributed by atoms with E-state index in [4.69, 9.17) is 14.2 Å². The minimum Gasteiger partial charge on any atom is -0.486 e. The maximum absolute atomic E-state index is 16.1. The molecule has 3 rings (SSSR count). The van der Waals surface area contributed by atoms with Crippen LogP contribution in [0.1, 0.15) is 54.5 Å². The predicted octanol–water partition coefficient (Wildman–Crippen LogP) is 6.37. The summed E-state index contributed by atoms with van der Waals surface area (Å²) in [5.74, 6) is -0.790. The molecule has 0 amide bonds. The van der Waals surface area contributed by atoms with E-state index in [2.05, 4.69) is 19.6 Å². The van der Waals surface area contributed by atoms with Crippen LogP contribution in [0.4, 0.5) is 4.39 Å². The van der Waals surface area contributed by atoms with Gasteiger partial charge in [0.1, 0.15) is 13.2 Å². The van der Waals surface area contributed by atoms with Crippen molar-refractivity contribution >= 4 is 12.4 Å². The maximum Gasteiger partial charge on any atom is 0.333 e. The number of rotatable bonds is 18. The summed E-state index contributed by atoms with van der Waals surface area (Å²) in [5.41, 5.74) is 6.80. The van der Waals surface area contributed by atoms with E-state index in [1.165, 1.54) is 0 Å². The van der Waals surface area contributed by atoms with Gasteiger partial charge in [0.2, 0.25) is 0 Å². The number of aryl methyl sites for hydroxylation is 5. The number of benzene rings is 3. The summed E-state index contributed by atoms with van der Waals surface area (Å²) in [4.78, 5) is 22.1. The fraction of sp³-hybridized carbons (Fsp3) is 0.371. The molecule has 0 unspecified atom stereocenters. The third-order valence-corrected chi connectivity index (χ3v) is 7.05. The van der Waals surface area contributed by atoms with Gasteiger partial charge < -0.3 is 19.3 Å². The van der Waals surface area contributed by atoms with Gasteiger partial charge in [0.25, 0.3) is 6.47 Å². The Kier molecular flexibility index (Phi) is 13.2. The second-order valence-electron chi connectivity index (χ2n) is 10.2. The van der Waals surface area contributed by atoms with Gasteiger partial charge in [-0.25, -0.2) is 9.18 Å². The summed E-state index contributed by atoms with van der Waals surface area (Å²) in [6.07, 6.45) is 4.92. The first kappa shape index (κ1) is 32.5. The highest BCUT2D eigenvalue weighted by Crippen LogP contribution is 2.37. The van der Waals surface area contributed by atoms with Crippen molar-refractivity contribution in [3.8, 4) is 16.9 Å². The van der Waals surface area contributed by atoms with E-state index >= 15 is 4.39 Å². The van der Waals surface area contributed by atoms with Gasteiger partial charge >= 0.3 is 5.97 Å². The standard InChI is InChI=1S/C35H41FO6/c1-4-29-23-28(7-5-19-37)14-17-31(29)32-18-16-30(33(36)34(32)41-21-22-42-35(39)25(2)3)15-13-27-11-9-26(10-12-27)8-6-20-40-24-38/h9-12,14,16-18,23-24,37H,2,4-8,13,15,19-22H2,1,3H3. The molecule has 224 valence electrons. The Morgan fingerprint density at radius 2 is 1.52 bits per heavy atom. The van der Waals surface area contributed by atoms with Gasteiger partial charge in [0.15, 0.2) is 11.6 Å². The summed E-state index contributed by atoms with van der Waals surface area (Å²) in [6.45, 7) is 8.17. The molecule has 0 aliphatic heterocycles. The molecular weight excluding hydrogens is 535 g/mol. The van der Waals surface area contributed by atoms with Gasteiger partial charge in [0.05, 0.1) is 6.61 Å². The molecule has 0 atom stereocenters. The van der Waals surface area contributed by atoms with Crippen LogP contribution >= 0.6 is 0 Å². The zero-order chi connectivity index (χ0) is 30.3. The fourth-order valence-electron chi connectivity index (χ4n) is 4.74. The molecule has 3 aromatic rings. The third kappa shape index (κ3) is 9.55. The Morgan fingerprint density at radius 1 is 0.857 bits per heavy atom. The Balaban J connectivity index is 1.82. The number of aliphatic hydroxyl groups excluding tert-OH is 1. The van der Waals surface area contributed by atoms with Gasteiger partial charge in [-0.15, -0.1) is 0 Å². The smallest absolute Gasteiger partial charge is 0.333 e.